The lowest BCUT2D eigenvalue weighted by Crippen LogP contribution is -2.38. The van der Waals surface area contributed by atoms with Crippen molar-refractivity contribution in [2.75, 3.05) is 18.6 Å². The standard InChI is InChI=1S/C25H26N3O2S2.C7H8O3S/c1-3-13-27-14-7-6-9-18(27)16-22-28(17-19-10-8-15-30-19)24(29)23(32-22)25-26(2)20-11-4-5-12-21(20)31-25;1-6-2-4-7(5-3-6)11(8,9)10/h3-7,9,11-12,14,16,19H,1,8,10,13,15,17H2,2H3;2-5H,1H3,(H,8,9,10)/q+1;/p-1. The number of hydrogen-bond donors (Lipinski definition) is 0. The Morgan fingerprint density at radius 3 is 2.53 bits per heavy atom. The van der Waals surface area contributed by atoms with Crippen molar-refractivity contribution in [2.24, 2.45) is 0 Å². The van der Waals surface area contributed by atoms with Crippen LogP contribution in [0.15, 0.2) is 100 Å². The molecular weight excluding hydrogens is 603 g/mol. The number of allylic oxidation sites excluding steroid dienone is 1. The molecule has 8 nitrogen and oxygen atoms in total. The highest BCUT2D eigenvalue weighted by Gasteiger charge is 2.25. The second-order valence-corrected chi connectivity index (χ2v) is 13.7. The summed E-state index contributed by atoms with van der Waals surface area (Å²) in [4.78, 5) is 16.8. The van der Waals surface area contributed by atoms with Crippen LogP contribution < -0.4 is 24.2 Å². The first-order valence-corrected chi connectivity index (χ1v) is 16.9. The highest BCUT2D eigenvalue weighted by Crippen LogP contribution is 2.44. The van der Waals surface area contributed by atoms with Gasteiger partial charge in [-0.1, -0.05) is 48.2 Å². The average molecular weight is 636 g/mol. The maximum atomic E-state index is 13.7. The normalized spacial score (nSPS) is 17.9. The Labute approximate surface area is 259 Å². The number of para-hydroxylation sites is 1. The predicted molar refractivity (Wildman–Crippen MR) is 170 cm³/mol. The third-order valence-corrected chi connectivity index (χ3v) is 10.5. The van der Waals surface area contributed by atoms with Crippen LogP contribution in [-0.2, 0) is 27.9 Å². The summed E-state index contributed by atoms with van der Waals surface area (Å²) in [5, 5.41) is 0.994. The molecule has 4 aromatic rings. The van der Waals surface area contributed by atoms with Gasteiger partial charge in [-0.05, 0) is 56.2 Å². The number of rotatable bonds is 6. The number of thiazole rings is 1. The fourth-order valence-electron chi connectivity index (χ4n) is 4.89. The van der Waals surface area contributed by atoms with Gasteiger partial charge in [0, 0.05) is 36.8 Å². The molecule has 0 spiro atoms. The fraction of sp³-hybridized carbons (Fsp3) is 0.250. The van der Waals surface area contributed by atoms with Crippen LogP contribution in [-0.4, -0.2) is 37.3 Å². The first kappa shape index (κ1) is 31.0. The smallest absolute Gasteiger partial charge is 0.271 e. The molecule has 4 heterocycles. The Balaban J connectivity index is 0.000000283. The summed E-state index contributed by atoms with van der Waals surface area (Å²) in [5.74, 6) is 0. The minimum atomic E-state index is -4.27. The number of nitrogens with zero attached hydrogens (tertiary/aromatic N) is 3. The first-order chi connectivity index (χ1) is 20.7. The number of ether oxygens (including phenoxy) is 1. The van der Waals surface area contributed by atoms with Crippen LogP contribution in [0.4, 0.5) is 5.69 Å². The molecule has 0 N–H and O–H groups in total. The average Bonchev–Trinajstić information content (AvgIpc) is 3.70. The van der Waals surface area contributed by atoms with Crippen LogP contribution in [0.5, 0.6) is 0 Å². The van der Waals surface area contributed by atoms with Crippen LogP contribution >= 0.6 is 23.1 Å². The molecule has 0 radical (unpaired) electrons. The van der Waals surface area contributed by atoms with E-state index in [2.05, 4.69) is 40.3 Å². The summed E-state index contributed by atoms with van der Waals surface area (Å²) in [5.41, 5.74) is 3.17. The number of thioether (sulfide) groups is 1. The number of fused-ring (bicyclic) bond motifs is 1. The summed E-state index contributed by atoms with van der Waals surface area (Å²) in [6, 6.07) is 20.2. The van der Waals surface area contributed by atoms with Crippen molar-refractivity contribution in [3.63, 3.8) is 0 Å². The van der Waals surface area contributed by atoms with Crippen molar-refractivity contribution < 1.29 is 22.3 Å². The third kappa shape index (κ3) is 7.19. The Bertz CT molecular complexity index is 1910. The van der Waals surface area contributed by atoms with E-state index < -0.39 is 10.1 Å². The predicted octanol–water partition coefficient (Wildman–Crippen LogP) is 3.60. The van der Waals surface area contributed by atoms with Crippen molar-refractivity contribution in [3.8, 4) is 0 Å². The van der Waals surface area contributed by atoms with Gasteiger partial charge in [0.2, 0.25) is 5.69 Å². The molecule has 0 amide bonds. The lowest BCUT2D eigenvalue weighted by molar-refractivity contribution is -0.688. The van der Waals surface area contributed by atoms with Gasteiger partial charge in [-0.25, -0.2) is 8.42 Å². The molecule has 0 bridgehead atoms. The molecule has 2 aromatic carbocycles. The number of aryl methyl sites for hydroxylation is 1. The molecule has 1 fully saturated rings. The SMILES string of the molecule is C=CC[n+]1ccccc1C=c1sc(=C2Sc3ccccc3N2C)c(=O)n1CC1CCCO1.Cc1ccc(S(=O)(=O)[O-])cc1. The molecule has 1 saturated heterocycles. The molecular formula is C32H33N3O5S3. The Morgan fingerprint density at radius 2 is 1.86 bits per heavy atom. The number of hydrogen-bond acceptors (Lipinski definition) is 8. The van der Waals surface area contributed by atoms with Crippen molar-refractivity contribution in [1.29, 1.82) is 0 Å². The lowest BCUT2D eigenvalue weighted by atomic mass is 10.2. The summed E-state index contributed by atoms with van der Waals surface area (Å²) in [6.07, 6.45) is 8.18. The van der Waals surface area contributed by atoms with Crippen molar-refractivity contribution in [1.82, 2.24) is 4.57 Å². The molecule has 1 unspecified atom stereocenters. The van der Waals surface area contributed by atoms with Gasteiger partial charge < -0.3 is 14.2 Å². The van der Waals surface area contributed by atoms with Crippen LogP contribution in [0.1, 0.15) is 24.1 Å². The van der Waals surface area contributed by atoms with Crippen LogP contribution in [0.25, 0.3) is 11.1 Å². The van der Waals surface area contributed by atoms with Gasteiger partial charge in [0.15, 0.2) is 12.7 Å². The molecule has 11 heteroatoms. The van der Waals surface area contributed by atoms with E-state index in [0.717, 1.165) is 50.6 Å². The summed E-state index contributed by atoms with van der Waals surface area (Å²) >= 11 is 3.23. The zero-order chi connectivity index (χ0) is 30.6. The first-order valence-electron chi connectivity index (χ1n) is 13.9. The van der Waals surface area contributed by atoms with Crippen LogP contribution in [0, 0.1) is 6.92 Å². The van der Waals surface area contributed by atoms with E-state index in [-0.39, 0.29) is 16.6 Å². The van der Waals surface area contributed by atoms with E-state index >= 15 is 0 Å². The van der Waals surface area contributed by atoms with Crippen LogP contribution in [0.2, 0.25) is 0 Å². The zero-order valence-corrected chi connectivity index (χ0v) is 26.5. The van der Waals surface area contributed by atoms with Gasteiger partial charge in [0.25, 0.3) is 5.56 Å². The maximum Gasteiger partial charge on any atom is 0.271 e. The van der Waals surface area contributed by atoms with Crippen molar-refractivity contribution in [2.45, 2.75) is 48.7 Å². The summed E-state index contributed by atoms with van der Waals surface area (Å²) in [7, 11) is -2.23. The van der Waals surface area contributed by atoms with Gasteiger partial charge >= 0.3 is 0 Å². The maximum absolute atomic E-state index is 13.7. The van der Waals surface area contributed by atoms with Gasteiger partial charge in [-0.3, -0.25) is 9.36 Å². The summed E-state index contributed by atoms with van der Waals surface area (Å²) in [6.45, 7) is 7.77. The molecule has 6 rings (SSSR count). The summed E-state index contributed by atoms with van der Waals surface area (Å²) < 4.78 is 42.8. The zero-order valence-electron chi connectivity index (χ0n) is 24.0. The second kappa shape index (κ2) is 13.4. The van der Waals surface area contributed by atoms with E-state index in [4.69, 9.17) is 4.74 Å². The third-order valence-electron chi connectivity index (χ3n) is 7.14. The topological polar surface area (TPSA) is 95.6 Å². The second-order valence-electron chi connectivity index (χ2n) is 10.2. The van der Waals surface area contributed by atoms with E-state index in [9.17, 15) is 17.8 Å². The highest BCUT2D eigenvalue weighted by atomic mass is 32.2. The number of anilines is 1. The van der Waals surface area contributed by atoms with E-state index in [1.807, 2.05) is 55.1 Å². The van der Waals surface area contributed by atoms with E-state index in [1.165, 1.54) is 17.0 Å². The molecule has 224 valence electrons. The van der Waals surface area contributed by atoms with Crippen molar-refractivity contribution in [3.05, 3.63) is 116 Å². The molecule has 2 aromatic heterocycles. The van der Waals surface area contributed by atoms with Gasteiger partial charge in [-0.2, -0.15) is 4.57 Å². The van der Waals surface area contributed by atoms with Crippen molar-refractivity contribution >= 4 is 50.0 Å². The molecule has 0 aliphatic carbocycles. The van der Waals surface area contributed by atoms with E-state index in [1.54, 1.807) is 35.2 Å². The lowest BCUT2D eigenvalue weighted by Gasteiger charge is -2.12. The number of benzene rings is 2. The number of aromatic nitrogens is 2. The van der Waals surface area contributed by atoms with Gasteiger partial charge in [0.1, 0.15) is 24.3 Å². The number of pyridine rings is 1. The molecule has 2 aliphatic heterocycles. The monoisotopic (exact) mass is 635 g/mol. The Morgan fingerprint density at radius 1 is 1.12 bits per heavy atom. The minimum absolute atomic E-state index is 0.0603. The molecule has 0 saturated carbocycles. The minimum Gasteiger partial charge on any atom is -0.744 e. The van der Waals surface area contributed by atoms with E-state index in [0.29, 0.717) is 13.1 Å². The Kier molecular flexibility index (Phi) is 9.68. The fourth-order valence-corrected chi connectivity index (χ4v) is 7.77. The molecule has 43 heavy (non-hydrogen) atoms. The quantitative estimate of drug-likeness (QED) is 0.182. The molecule has 1 atom stereocenters. The van der Waals surface area contributed by atoms with Gasteiger partial charge in [-0.15, -0.1) is 11.3 Å². The largest absolute Gasteiger partial charge is 0.744 e. The Hall–Kier alpha value is -3.48. The van der Waals surface area contributed by atoms with Gasteiger partial charge in [0.05, 0.1) is 23.2 Å². The molecule has 2 aliphatic rings. The van der Waals surface area contributed by atoms with Crippen LogP contribution in [0.3, 0.4) is 0 Å². The highest BCUT2D eigenvalue weighted by molar-refractivity contribution is 8.08.